The maximum atomic E-state index is 15.1. The smallest absolute Gasteiger partial charge is 0.403 e. The zero-order valence-electron chi connectivity index (χ0n) is 23.9. The Morgan fingerprint density at radius 1 is 0.739 bits per heavy atom. The standard InChI is InChI=1S/C34H26F8O4/c1-2-3-4-20-5-10-24(11-6-20)33(38,39)45-25-18-43-32(44-19-25)23-8-13-27(29(36)17-23)21-7-12-26(28(35)15-21)22-9-14-31(30(37)16-22)46-34(40,41)42/h2,5-17,25,32H,1,3-4,18-19H2. The van der Waals surface area contributed by atoms with Gasteiger partial charge in [0.25, 0.3) is 0 Å². The number of aryl methyl sites for hydroxylation is 1. The average Bonchev–Trinajstić information content (AvgIpc) is 3.01. The minimum Gasteiger partial charge on any atom is -0.403 e. The van der Waals surface area contributed by atoms with Crippen molar-refractivity contribution in [1.29, 1.82) is 0 Å². The largest absolute Gasteiger partial charge is 0.573 e. The van der Waals surface area contributed by atoms with E-state index in [-0.39, 0.29) is 46.6 Å². The first-order valence-corrected chi connectivity index (χ1v) is 14.0. The van der Waals surface area contributed by atoms with Gasteiger partial charge in [0.1, 0.15) is 17.7 Å². The van der Waals surface area contributed by atoms with Gasteiger partial charge in [-0.1, -0.05) is 60.7 Å². The molecular formula is C34H26F8O4. The summed E-state index contributed by atoms with van der Waals surface area (Å²) in [5, 5.41) is 0. The van der Waals surface area contributed by atoms with Crippen LogP contribution in [0.1, 0.15) is 29.4 Å². The molecule has 1 fully saturated rings. The molecule has 0 amide bonds. The number of hydrogen-bond acceptors (Lipinski definition) is 4. The summed E-state index contributed by atoms with van der Waals surface area (Å²) in [6.45, 7) is 3.13. The minimum atomic E-state index is -5.10. The average molecular weight is 651 g/mol. The summed E-state index contributed by atoms with van der Waals surface area (Å²) in [5.41, 5.74) is 0.742. The normalized spacial score (nSPS) is 17.1. The van der Waals surface area contributed by atoms with Crippen molar-refractivity contribution in [3.05, 3.63) is 126 Å². The first-order chi connectivity index (χ1) is 21.8. The van der Waals surface area contributed by atoms with Gasteiger partial charge < -0.3 is 18.9 Å². The van der Waals surface area contributed by atoms with E-state index in [2.05, 4.69) is 11.3 Å². The van der Waals surface area contributed by atoms with Crippen molar-refractivity contribution >= 4 is 0 Å². The number of alkyl halides is 5. The molecule has 1 heterocycles. The number of rotatable bonds is 10. The van der Waals surface area contributed by atoms with Gasteiger partial charge in [-0.15, -0.1) is 19.8 Å². The highest BCUT2D eigenvalue weighted by molar-refractivity contribution is 5.72. The van der Waals surface area contributed by atoms with E-state index >= 15 is 4.39 Å². The Morgan fingerprint density at radius 2 is 1.33 bits per heavy atom. The third-order valence-corrected chi connectivity index (χ3v) is 7.12. The Hall–Kier alpha value is -4.26. The number of ether oxygens (including phenoxy) is 4. The molecule has 0 aliphatic carbocycles. The lowest BCUT2D eigenvalue weighted by molar-refractivity contribution is -0.320. The molecule has 4 aromatic carbocycles. The van der Waals surface area contributed by atoms with Crippen molar-refractivity contribution in [3.63, 3.8) is 0 Å². The van der Waals surface area contributed by atoms with E-state index in [1.54, 1.807) is 18.2 Å². The van der Waals surface area contributed by atoms with Crippen molar-refractivity contribution in [2.24, 2.45) is 0 Å². The number of halogens is 8. The highest BCUT2D eigenvalue weighted by atomic mass is 19.4. The van der Waals surface area contributed by atoms with Gasteiger partial charge in [-0.05, 0) is 53.8 Å². The molecule has 12 heteroatoms. The summed E-state index contributed by atoms with van der Waals surface area (Å²) in [6.07, 6.45) is -7.72. The van der Waals surface area contributed by atoms with Gasteiger partial charge in [0.2, 0.25) is 0 Å². The maximum Gasteiger partial charge on any atom is 0.573 e. The molecule has 0 aromatic heterocycles. The molecule has 0 saturated carbocycles. The molecule has 1 saturated heterocycles. The Bertz CT molecular complexity index is 1680. The van der Waals surface area contributed by atoms with Gasteiger partial charge in [-0.25, -0.2) is 13.2 Å². The van der Waals surface area contributed by atoms with Crippen LogP contribution in [0.2, 0.25) is 0 Å². The predicted molar refractivity (Wildman–Crippen MR) is 152 cm³/mol. The fraction of sp³-hybridized carbons (Fsp3) is 0.235. The molecule has 0 atom stereocenters. The molecule has 5 rings (SSSR count). The van der Waals surface area contributed by atoms with Crippen LogP contribution in [0.25, 0.3) is 22.3 Å². The Kier molecular flexibility index (Phi) is 9.80. The topological polar surface area (TPSA) is 36.9 Å². The van der Waals surface area contributed by atoms with Gasteiger partial charge in [0.15, 0.2) is 17.9 Å². The third-order valence-electron chi connectivity index (χ3n) is 7.12. The predicted octanol–water partition coefficient (Wildman–Crippen LogP) is 9.64. The fourth-order valence-corrected chi connectivity index (χ4v) is 4.86. The molecule has 1 aliphatic heterocycles. The molecule has 0 bridgehead atoms. The molecule has 0 radical (unpaired) electrons. The molecule has 1 aliphatic rings. The second-order valence-electron chi connectivity index (χ2n) is 10.4. The zero-order valence-corrected chi connectivity index (χ0v) is 23.9. The van der Waals surface area contributed by atoms with Gasteiger partial charge in [0, 0.05) is 16.7 Å². The highest BCUT2D eigenvalue weighted by Gasteiger charge is 2.38. The molecule has 0 unspecified atom stereocenters. The van der Waals surface area contributed by atoms with Crippen molar-refractivity contribution in [1.82, 2.24) is 0 Å². The SMILES string of the molecule is C=CCCc1ccc(C(F)(F)OC2COC(c3ccc(-c4ccc(-c5ccc(OC(F)(F)F)c(F)c5)c(F)c4)c(F)c3)OC2)cc1. The van der Waals surface area contributed by atoms with E-state index in [4.69, 9.17) is 14.2 Å². The number of benzene rings is 4. The third kappa shape index (κ3) is 7.93. The molecule has 4 nitrogen and oxygen atoms in total. The summed E-state index contributed by atoms with van der Waals surface area (Å²) in [7, 11) is 0. The van der Waals surface area contributed by atoms with Crippen LogP contribution in [0.5, 0.6) is 5.75 Å². The second-order valence-corrected chi connectivity index (χ2v) is 10.4. The summed E-state index contributed by atoms with van der Waals surface area (Å²) in [4.78, 5) is 0. The Morgan fingerprint density at radius 3 is 1.89 bits per heavy atom. The van der Waals surface area contributed by atoms with Gasteiger partial charge in [0.05, 0.1) is 18.8 Å². The van der Waals surface area contributed by atoms with Crippen molar-refractivity contribution in [2.75, 3.05) is 13.2 Å². The molecule has 46 heavy (non-hydrogen) atoms. The van der Waals surface area contributed by atoms with Gasteiger partial charge >= 0.3 is 12.5 Å². The molecule has 0 spiro atoms. The van der Waals surface area contributed by atoms with Gasteiger partial charge in [-0.2, -0.15) is 8.78 Å². The van der Waals surface area contributed by atoms with E-state index in [9.17, 15) is 30.7 Å². The van der Waals surface area contributed by atoms with Crippen LogP contribution in [0.15, 0.2) is 91.5 Å². The minimum absolute atomic E-state index is 0.00137. The van der Waals surface area contributed by atoms with Gasteiger partial charge in [-0.3, -0.25) is 0 Å². The van der Waals surface area contributed by atoms with Crippen LogP contribution in [-0.4, -0.2) is 25.7 Å². The number of hydrogen-bond donors (Lipinski definition) is 0. The van der Waals surface area contributed by atoms with Crippen molar-refractivity contribution < 1.29 is 54.1 Å². The Labute approximate surface area is 258 Å². The molecule has 4 aromatic rings. The molecule has 242 valence electrons. The van der Waals surface area contributed by atoms with Crippen LogP contribution in [0.4, 0.5) is 35.1 Å². The first kappa shape index (κ1) is 33.1. The first-order valence-electron chi connectivity index (χ1n) is 14.0. The molecular weight excluding hydrogens is 624 g/mol. The van der Waals surface area contributed by atoms with Crippen LogP contribution in [-0.2, 0) is 26.7 Å². The quantitative estimate of drug-likeness (QED) is 0.127. The van der Waals surface area contributed by atoms with E-state index in [1.807, 2.05) is 0 Å². The fourth-order valence-electron chi connectivity index (χ4n) is 4.86. The lowest BCUT2D eigenvalue weighted by Gasteiger charge is -2.32. The summed E-state index contributed by atoms with van der Waals surface area (Å²) < 4.78 is 131. The summed E-state index contributed by atoms with van der Waals surface area (Å²) >= 11 is 0. The van der Waals surface area contributed by atoms with Crippen molar-refractivity contribution in [3.8, 4) is 28.0 Å². The lowest BCUT2D eigenvalue weighted by atomic mass is 9.98. The Balaban J connectivity index is 1.21. The maximum absolute atomic E-state index is 15.1. The highest BCUT2D eigenvalue weighted by Crippen LogP contribution is 2.36. The van der Waals surface area contributed by atoms with Crippen LogP contribution >= 0.6 is 0 Å². The second kappa shape index (κ2) is 13.6. The van der Waals surface area contributed by atoms with Crippen molar-refractivity contribution in [2.45, 2.75) is 37.7 Å². The number of allylic oxidation sites excluding steroid dienone is 1. The molecule has 0 N–H and O–H groups in total. The van der Waals surface area contributed by atoms with Crippen LogP contribution in [0.3, 0.4) is 0 Å². The van der Waals surface area contributed by atoms with Crippen LogP contribution in [0, 0.1) is 17.5 Å². The van der Waals surface area contributed by atoms with E-state index in [0.29, 0.717) is 12.5 Å². The monoisotopic (exact) mass is 650 g/mol. The lowest BCUT2D eigenvalue weighted by Crippen LogP contribution is -2.38. The van der Waals surface area contributed by atoms with Crippen LogP contribution < -0.4 is 4.74 Å². The summed E-state index contributed by atoms with van der Waals surface area (Å²) in [6, 6.07) is 15.8. The van der Waals surface area contributed by atoms with E-state index < -0.39 is 48.1 Å². The summed E-state index contributed by atoms with van der Waals surface area (Å²) in [5.74, 6) is -4.06. The zero-order chi connectivity index (χ0) is 33.1. The van der Waals surface area contributed by atoms with E-state index in [1.165, 1.54) is 36.4 Å². The van der Waals surface area contributed by atoms with E-state index in [0.717, 1.165) is 36.2 Å².